The molecular formula is C13H21ClSi. The lowest BCUT2D eigenvalue weighted by Gasteiger charge is -2.16. The van der Waals surface area contributed by atoms with Gasteiger partial charge in [0.1, 0.15) is 8.83 Å². The van der Waals surface area contributed by atoms with Crippen molar-refractivity contribution in [1.82, 2.24) is 0 Å². The smallest absolute Gasteiger partial charge is 0.132 e. The summed E-state index contributed by atoms with van der Waals surface area (Å²) in [5, 5.41) is 0. The first-order chi connectivity index (χ1) is 7.33. The SMILES string of the molecule is CCCCc1ccccc1C(CC)[SiH2]Cl. The molecule has 0 N–H and O–H groups in total. The molecule has 84 valence electrons. The Morgan fingerprint density at radius 1 is 1.27 bits per heavy atom. The van der Waals surface area contributed by atoms with Gasteiger partial charge in [0.15, 0.2) is 0 Å². The molecule has 0 aliphatic heterocycles. The van der Waals surface area contributed by atoms with Gasteiger partial charge in [0.25, 0.3) is 0 Å². The minimum atomic E-state index is -0.443. The van der Waals surface area contributed by atoms with E-state index >= 15 is 0 Å². The average Bonchev–Trinajstić information content (AvgIpc) is 2.29. The van der Waals surface area contributed by atoms with Crippen LogP contribution in [-0.4, -0.2) is 8.83 Å². The molecule has 0 aromatic heterocycles. The lowest BCUT2D eigenvalue weighted by atomic mass is 9.98. The third-order valence-electron chi connectivity index (χ3n) is 2.97. The minimum absolute atomic E-state index is 0.443. The Kier molecular flexibility index (Phi) is 6.04. The van der Waals surface area contributed by atoms with Crippen molar-refractivity contribution < 1.29 is 0 Å². The maximum absolute atomic E-state index is 6.15. The predicted molar refractivity (Wildman–Crippen MR) is 72.5 cm³/mol. The van der Waals surface area contributed by atoms with Gasteiger partial charge in [-0.05, 0) is 29.5 Å². The quantitative estimate of drug-likeness (QED) is 0.524. The third-order valence-corrected chi connectivity index (χ3v) is 5.48. The average molecular weight is 241 g/mol. The highest BCUT2D eigenvalue weighted by Gasteiger charge is 2.11. The number of halogens is 1. The van der Waals surface area contributed by atoms with Gasteiger partial charge in [-0.25, -0.2) is 0 Å². The Morgan fingerprint density at radius 3 is 2.60 bits per heavy atom. The molecule has 0 amide bonds. The van der Waals surface area contributed by atoms with Crippen molar-refractivity contribution in [3.05, 3.63) is 35.4 Å². The zero-order valence-corrected chi connectivity index (χ0v) is 12.0. The third kappa shape index (κ3) is 3.65. The Labute approximate surface area is 101 Å². The first kappa shape index (κ1) is 12.8. The Hall–Kier alpha value is -0.273. The van der Waals surface area contributed by atoms with Crippen molar-refractivity contribution in [2.75, 3.05) is 0 Å². The number of hydrogen-bond donors (Lipinski definition) is 0. The summed E-state index contributed by atoms with van der Waals surface area (Å²) in [5.41, 5.74) is 3.72. The molecule has 0 aliphatic carbocycles. The lowest BCUT2D eigenvalue weighted by Crippen LogP contribution is -2.05. The second-order valence-corrected chi connectivity index (χ2v) is 6.28. The normalized spacial score (nSPS) is 13.5. The number of hydrogen-bond acceptors (Lipinski definition) is 0. The van der Waals surface area contributed by atoms with Crippen LogP contribution < -0.4 is 0 Å². The van der Waals surface area contributed by atoms with E-state index in [1.54, 1.807) is 0 Å². The van der Waals surface area contributed by atoms with E-state index in [9.17, 15) is 0 Å². The molecule has 1 aromatic rings. The molecule has 0 aliphatic rings. The maximum Gasteiger partial charge on any atom is 0.132 e. The van der Waals surface area contributed by atoms with Gasteiger partial charge in [0.2, 0.25) is 0 Å². The van der Waals surface area contributed by atoms with Crippen molar-refractivity contribution in [1.29, 1.82) is 0 Å². The Balaban J connectivity index is 2.84. The zero-order valence-electron chi connectivity index (χ0n) is 9.80. The van der Waals surface area contributed by atoms with Crippen LogP contribution in [0, 0.1) is 0 Å². The standard InChI is InChI=1S/C13H21ClSi/c1-3-5-8-11-9-6-7-10-12(11)13(4-2)15-14/h6-7,9-10,13H,3-5,8,15H2,1-2H3. The number of benzene rings is 1. The van der Waals surface area contributed by atoms with Crippen molar-refractivity contribution in [2.45, 2.75) is 45.1 Å². The monoisotopic (exact) mass is 240 g/mol. The van der Waals surface area contributed by atoms with Crippen LogP contribution in [0.5, 0.6) is 0 Å². The fourth-order valence-electron chi connectivity index (χ4n) is 1.94. The Bertz CT molecular complexity index is 282. The molecule has 0 saturated carbocycles. The fourth-order valence-corrected chi connectivity index (χ4v) is 3.88. The van der Waals surface area contributed by atoms with Crippen LogP contribution in [0.4, 0.5) is 0 Å². The highest BCUT2D eigenvalue weighted by atomic mass is 35.6. The van der Waals surface area contributed by atoms with Gasteiger partial charge in [0.05, 0.1) is 0 Å². The summed E-state index contributed by atoms with van der Waals surface area (Å²) in [6.45, 7) is 4.49. The largest absolute Gasteiger partial charge is 0.176 e. The van der Waals surface area contributed by atoms with Crippen LogP contribution in [0.2, 0.25) is 0 Å². The van der Waals surface area contributed by atoms with Crippen molar-refractivity contribution in [2.24, 2.45) is 0 Å². The molecule has 1 aromatic carbocycles. The van der Waals surface area contributed by atoms with E-state index < -0.39 is 8.83 Å². The molecule has 1 rings (SSSR count). The van der Waals surface area contributed by atoms with Crippen molar-refractivity contribution >= 4 is 19.9 Å². The molecular weight excluding hydrogens is 220 g/mol. The number of aryl methyl sites for hydroxylation is 1. The van der Waals surface area contributed by atoms with Gasteiger partial charge in [0, 0.05) is 0 Å². The summed E-state index contributed by atoms with van der Waals surface area (Å²) in [5.74, 6) is 0. The van der Waals surface area contributed by atoms with Crippen LogP contribution >= 0.6 is 11.1 Å². The van der Waals surface area contributed by atoms with Gasteiger partial charge >= 0.3 is 0 Å². The minimum Gasteiger partial charge on any atom is -0.176 e. The van der Waals surface area contributed by atoms with Crippen LogP contribution in [-0.2, 0) is 6.42 Å². The number of unbranched alkanes of at least 4 members (excludes halogenated alkanes) is 1. The summed E-state index contributed by atoms with van der Waals surface area (Å²) in [4.78, 5) is 0. The molecule has 15 heavy (non-hydrogen) atoms. The van der Waals surface area contributed by atoms with Crippen LogP contribution in [0.3, 0.4) is 0 Å². The number of rotatable bonds is 6. The van der Waals surface area contributed by atoms with E-state index in [1.807, 2.05) is 0 Å². The lowest BCUT2D eigenvalue weighted by molar-refractivity contribution is 0.774. The van der Waals surface area contributed by atoms with Crippen LogP contribution in [0.25, 0.3) is 0 Å². The second kappa shape index (κ2) is 7.08. The van der Waals surface area contributed by atoms with E-state index in [0.717, 1.165) is 0 Å². The highest BCUT2D eigenvalue weighted by Crippen LogP contribution is 2.24. The van der Waals surface area contributed by atoms with Gasteiger partial charge < -0.3 is 0 Å². The summed E-state index contributed by atoms with van der Waals surface area (Å²) < 4.78 is 0. The van der Waals surface area contributed by atoms with E-state index in [4.69, 9.17) is 11.1 Å². The molecule has 0 spiro atoms. The summed E-state index contributed by atoms with van der Waals surface area (Å²) in [6.07, 6.45) is 4.97. The zero-order chi connectivity index (χ0) is 11.1. The van der Waals surface area contributed by atoms with Gasteiger partial charge in [-0.1, -0.05) is 51.0 Å². The van der Waals surface area contributed by atoms with Crippen LogP contribution in [0.15, 0.2) is 24.3 Å². The fraction of sp³-hybridized carbons (Fsp3) is 0.538. The first-order valence-corrected chi connectivity index (χ1v) is 8.92. The predicted octanol–water partition coefficient (Wildman–Crippen LogP) is 3.80. The first-order valence-electron chi connectivity index (χ1n) is 5.97. The van der Waals surface area contributed by atoms with Gasteiger partial charge in [-0.2, -0.15) is 11.1 Å². The molecule has 0 nitrogen and oxygen atoms in total. The highest BCUT2D eigenvalue weighted by molar-refractivity contribution is 6.94. The van der Waals surface area contributed by atoms with Gasteiger partial charge in [-0.3, -0.25) is 0 Å². The van der Waals surface area contributed by atoms with Crippen molar-refractivity contribution in [3.63, 3.8) is 0 Å². The maximum atomic E-state index is 6.15. The Morgan fingerprint density at radius 2 is 2.00 bits per heavy atom. The van der Waals surface area contributed by atoms with Crippen LogP contribution in [0.1, 0.15) is 49.8 Å². The molecule has 0 saturated heterocycles. The summed E-state index contributed by atoms with van der Waals surface area (Å²) >= 11 is 6.15. The van der Waals surface area contributed by atoms with Gasteiger partial charge in [-0.15, -0.1) is 0 Å². The molecule has 0 fully saturated rings. The second-order valence-electron chi connectivity index (χ2n) is 4.06. The molecule has 0 bridgehead atoms. The van der Waals surface area contributed by atoms with E-state index in [-0.39, 0.29) is 0 Å². The topological polar surface area (TPSA) is 0 Å². The molecule has 1 unspecified atom stereocenters. The summed E-state index contributed by atoms with van der Waals surface area (Å²) in [7, 11) is -0.443. The van der Waals surface area contributed by atoms with E-state index in [1.165, 1.54) is 36.8 Å². The molecule has 0 radical (unpaired) electrons. The summed E-state index contributed by atoms with van der Waals surface area (Å²) in [6, 6.07) is 8.84. The van der Waals surface area contributed by atoms with E-state index in [2.05, 4.69) is 38.1 Å². The molecule has 0 heterocycles. The molecule has 2 heteroatoms. The van der Waals surface area contributed by atoms with Crippen molar-refractivity contribution in [3.8, 4) is 0 Å². The molecule has 1 atom stereocenters. The van der Waals surface area contributed by atoms with E-state index in [0.29, 0.717) is 5.54 Å².